The first-order valence-corrected chi connectivity index (χ1v) is 6.53. The maximum Gasteiger partial charge on any atom is 0.121 e. The summed E-state index contributed by atoms with van der Waals surface area (Å²) in [5.41, 5.74) is 0. The molecule has 0 saturated heterocycles. The maximum absolute atomic E-state index is 9.92. The second-order valence-corrected chi connectivity index (χ2v) is 4.83. The summed E-state index contributed by atoms with van der Waals surface area (Å²) in [5.74, 6) is 1.39. The number of hydrogen-bond donors (Lipinski definition) is 1. The molecule has 3 heteroatoms. The van der Waals surface area contributed by atoms with Gasteiger partial charge in [-0.1, -0.05) is 18.2 Å². The van der Waals surface area contributed by atoms with Crippen molar-refractivity contribution in [3.63, 3.8) is 0 Å². The molecule has 2 rings (SSSR count). The molecule has 86 valence electrons. The van der Waals surface area contributed by atoms with Crippen LogP contribution < -0.4 is 0 Å². The van der Waals surface area contributed by atoms with Crippen LogP contribution >= 0.6 is 11.8 Å². The summed E-state index contributed by atoms with van der Waals surface area (Å²) in [6, 6.07) is 10.1. The second kappa shape index (κ2) is 5.97. The van der Waals surface area contributed by atoms with Gasteiger partial charge in [-0.15, -0.1) is 11.8 Å². The molecule has 1 heterocycles. The third-order valence-corrected chi connectivity index (χ3v) is 3.53. The molecule has 1 unspecified atom stereocenters. The summed E-state index contributed by atoms with van der Waals surface area (Å²) in [5, 5.41) is 9.92. The van der Waals surface area contributed by atoms with Crippen molar-refractivity contribution in [3.8, 4) is 0 Å². The Morgan fingerprint density at radius 2 is 2.12 bits per heavy atom. The number of aliphatic hydroxyl groups is 1. The lowest BCUT2D eigenvalue weighted by Gasteiger charge is -2.19. The third-order valence-electron chi connectivity index (χ3n) is 2.44. The van der Waals surface area contributed by atoms with Gasteiger partial charge in [-0.25, -0.2) is 0 Å². The molecular formula is C13H16O2S. The normalized spacial score (nSPS) is 17.4. The first-order chi connectivity index (χ1) is 7.86. The Hall–Kier alpha value is -0.930. The predicted octanol–water partition coefficient (Wildman–Crippen LogP) is 2.83. The minimum Gasteiger partial charge on any atom is -0.495 e. The van der Waals surface area contributed by atoms with Gasteiger partial charge in [0.05, 0.1) is 6.61 Å². The number of allylic oxidation sites excluding steroid dienone is 1. The van der Waals surface area contributed by atoms with Crippen LogP contribution in [0.25, 0.3) is 0 Å². The lowest BCUT2D eigenvalue weighted by Crippen LogP contribution is -2.18. The lowest BCUT2D eigenvalue weighted by atomic mass is 10.2. The van der Waals surface area contributed by atoms with Gasteiger partial charge in [0, 0.05) is 10.6 Å². The van der Waals surface area contributed by atoms with Gasteiger partial charge in [0.2, 0.25) is 0 Å². The molecule has 0 saturated carbocycles. The zero-order valence-electron chi connectivity index (χ0n) is 9.13. The number of ether oxygens (including phenoxy) is 1. The molecule has 0 aliphatic carbocycles. The molecule has 1 atom stereocenters. The highest BCUT2D eigenvalue weighted by atomic mass is 32.2. The van der Waals surface area contributed by atoms with Crippen LogP contribution in [0.15, 0.2) is 47.1 Å². The Bertz CT molecular complexity index is 348. The SMILES string of the molecule is OC(CSc1ccccc1)C1=CCCCO1. The third kappa shape index (κ3) is 3.29. The average Bonchev–Trinajstić information content (AvgIpc) is 2.38. The van der Waals surface area contributed by atoms with E-state index in [0.29, 0.717) is 5.75 Å². The number of hydrogen-bond acceptors (Lipinski definition) is 3. The van der Waals surface area contributed by atoms with E-state index in [1.54, 1.807) is 11.8 Å². The van der Waals surface area contributed by atoms with E-state index in [1.165, 1.54) is 4.90 Å². The number of rotatable bonds is 4. The van der Waals surface area contributed by atoms with E-state index >= 15 is 0 Å². The predicted molar refractivity (Wildman–Crippen MR) is 66.4 cm³/mol. The molecule has 0 radical (unpaired) electrons. The molecule has 1 aliphatic rings. The van der Waals surface area contributed by atoms with Gasteiger partial charge in [-0.3, -0.25) is 0 Å². The van der Waals surface area contributed by atoms with Gasteiger partial charge in [0.25, 0.3) is 0 Å². The van der Waals surface area contributed by atoms with Gasteiger partial charge in [-0.2, -0.15) is 0 Å². The van der Waals surface area contributed by atoms with Crippen LogP contribution in [0.4, 0.5) is 0 Å². The molecule has 0 fully saturated rings. The lowest BCUT2D eigenvalue weighted by molar-refractivity contribution is 0.104. The number of benzene rings is 1. The van der Waals surface area contributed by atoms with Crippen LogP contribution in [-0.2, 0) is 4.74 Å². The molecule has 0 bridgehead atoms. The summed E-state index contributed by atoms with van der Waals surface area (Å²) < 4.78 is 5.43. The van der Waals surface area contributed by atoms with Crippen LogP contribution in [0, 0.1) is 0 Å². The smallest absolute Gasteiger partial charge is 0.121 e. The van der Waals surface area contributed by atoms with E-state index < -0.39 is 6.10 Å². The Morgan fingerprint density at radius 1 is 1.31 bits per heavy atom. The van der Waals surface area contributed by atoms with Crippen molar-refractivity contribution in [2.75, 3.05) is 12.4 Å². The van der Waals surface area contributed by atoms with Gasteiger partial charge >= 0.3 is 0 Å². The highest BCUT2D eigenvalue weighted by Gasteiger charge is 2.14. The molecule has 16 heavy (non-hydrogen) atoms. The van der Waals surface area contributed by atoms with Crippen LogP contribution in [0.2, 0.25) is 0 Å². The van der Waals surface area contributed by atoms with Crippen LogP contribution in [0.3, 0.4) is 0 Å². The molecule has 2 nitrogen and oxygen atoms in total. The quantitative estimate of drug-likeness (QED) is 0.815. The standard InChI is InChI=1S/C13H16O2S/c14-12(13-8-4-5-9-15-13)10-16-11-6-2-1-3-7-11/h1-3,6-8,12,14H,4-5,9-10H2. The summed E-state index contributed by atoms with van der Waals surface area (Å²) >= 11 is 1.65. The molecule has 0 amide bonds. The van der Waals surface area contributed by atoms with Crippen molar-refractivity contribution >= 4 is 11.8 Å². The van der Waals surface area contributed by atoms with E-state index in [4.69, 9.17) is 4.74 Å². The molecule has 0 spiro atoms. The monoisotopic (exact) mass is 236 g/mol. The molecular weight excluding hydrogens is 220 g/mol. The van der Waals surface area contributed by atoms with Crippen molar-refractivity contribution in [1.29, 1.82) is 0 Å². The fourth-order valence-corrected chi connectivity index (χ4v) is 2.45. The first kappa shape index (κ1) is 11.6. The minimum atomic E-state index is -0.481. The van der Waals surface area contributed by atoms with Gasteiger partial charge in [-0.05, 0) is 31.1 Å². The van der Waals surface area contributed by atoms with E-state index in [1.807, 2.05) is 36.4 Å². The van der Waals surface area contributed by atoms with Gasteiger partial charge < -0.3 is 9.84 Å². The van der Waals surface area contributed by atoms with Crippen molar-refractivity contribution in [1.82, 2.24) is 0 Å². The van der Waals surface area contributed by atoms with Crippen LogP contribution in [0.5, 0.6) is 0 Å². The maximum atomic E-state index is 9.92. The Kier molecular flexibility index (Phi) is 4.31. The van der Waals surface area contributed by atoms with Crippen molar-refractivity contribution < 1.29 is 9.84 Å². The first-order valence-electron chi connectivity index (χ1n) is 5.55. The summed E-state index contributed by atoms with van der Waals surface area (Å²) in [4.78, 5) is 1.18. The fourth-order valence-electron chi connectivity index (χ4n) is 1.58. The summed E-state index contributed by atoms with van der Waals surface area (Å²) in [6.07, 6.45) is 3.59. The minimum absolute atomic E-state index is 0.481. The number of aliphatic hydroxyl groups excluding tert-OH is 1. The van der Waals surface area contributed by atoms with E-state index in [2.05, 4.69) is 0 Å². The number of thioether (sulfide) groups is 1. The molecule has 1 aromatic carbocycles. The summed E-state index contributed by atoms with van der Waals surface area (Å²) in [6.45, 7) is 0.735. The van der Waals surface area contributed by atoms with Gasteiger partial charge in [0.15, 0.2) is 0 Å². The second-order valence-electron chi connectivity index (χ2n) is 3.74. The summed E-state index contributed by atoms with van der Waals surface area (Å²) in [7, 11) is 0. The Balaban J connectivity index is 1.83. The van der Waals surface area contributed by atoms with E-state index in [0.717, 1.165) is 25.2 Å². The molecule has 1 aliphatic heterocycles. The van der Waals surface area contributed by atoms with Crippen molar-refractivity contribution in [2.24, 2.45) is 0 Å². The van der Waals surface area contributed by atoms with Crippen molar-refractivity contribution in [2.45, 2.75) is 23.8 Å². The average molecular weight is 236 g/mol. The molecule has 0 aromatic heterocycles. The zero-order valence-corrected chi connectivity index (χ0v) is 9.95. The van der Waals surface area contributed by atoms with Gasteiger partial charge in [0.1, 0.15) is 11.9 Å². The largest absolute Gasteiger partial charge is 0.495 e. The highest BCUT2D eigenvalue weighted by molar-refractivity contribution is 7.99. The van der Waals surface area contributed by atoms with Crippen molar-refractivity contribution in [3.05, 3.63) is 42.2 Å². The van der Waals surface area contributed by atoms with Crippen LogP contribution in [0.1, 0.15) is 12.8 Å². The molecule has 1 aromatic rings. The Labute approximate surface area is 100 Å². The van der Waals surface area contributed by atoms with E-state index in [-0.39, 0.29) is 0 Å². The molecule has 1 N–H and O–H groups in total. The van der Waals surface area contributed by atoms with Crippen LogP contribution in [-0.4, -0.2) is 23.6 Å². The highest BCUT2D eigenvalue weighted by Crippen LogP contribution is 2.22. The zero-order chi connectivity index (χ0) is 11.2. The topological polar surface area (TPSA) is 29.5 Å². The fraction of sp³-hybridized carbons (Fsp3) is 0.385. The van der Waals surface area contributed by atoms with E-state index in [9.17, 15) is 5.11 Å². The Morgan fingerprint density at radius 3 is 2.81 bits per heavy atom.